The first kappa shape index (κ1) is 15.7. The van der Waals surface area contributed by atoms with Crippen LogP contribution in [-0.4, -0.2) is 45.5 Å². The molecule has 1 aliphatic rings. The number of hydrogen-bond acceptors (Lipinski definition) is 5. The molecule has 1 fully saturated rings. The molecule has 1 atom stereocenters. The van der Waals surface area contributed by atoms with Gasteiger partial charge in [0, 0.05) is 19.7 Å². The van der Waals surface area contributed by atoms with Crippen LogP contribution in [0.5, 0.6) is 0 Å². The van der Waals surface area contributed by atoms with Crippen molar-refractivity contribution in [3.05, 3.63) is 33.1 Å². The highest BCUT2D eigenvalue weighted by atomic mass is 35.5. The van der Waals surface area contributed by atoms with Crippen molar-refractivity contribution in [1.29, 1.82) is 0 Å². The van der Waals surface area contributed by atoms with E-state index in [1.807, 2.05) is 0 Å². The minimum atomic E-state index is -0.633. The van der Waals surface area contributed by atoms with Gasteiger partial charge in [0.25, 0.3) is 11.6 Å². The topological polar surface area (TPSA) is 96.6 Å². The number of nitrogens with zero attached hydrogens (tertiary/aromatic N) is 3. The quantitative estimate of drug-likeness (QED) is 0.520. The minimum absolute atomic E-state index is 0.0374. The molecular weight excluding hydrogens is 298 g/mol. The van der Waals surface area contributed by atoms with Crippen LogP contribution in [0, 0.1) is 16.0 Å². The number of piperidine rings is 1. The van der Waals surface area contributed by atoms with Crippen LogP contribution in [0.25, 0.3) is 0 Å². The standard InChI is InChI=1S/C13H16ClN3O4/c14-12-6-10(11(7-15-12)17(20)21)13(19)16-4-1-2-9(8-16)3-5-18/h6-7,9,18H,1-5,8H2. The Bertz CT molecular complexity index is 550. The summed E-state index contributed by atoms with van der Waals surface area (Å²) < 4.78 is 0. The number of nitro groups is 1. The number of pyridine rings is 1. The Morgan fingerprint density at radius 1 is 1.62 bits per heavy atom. The average Bonchev–Trinajstić information content (AvgIpc) is 2.46. The van der Waals surface area contributed by atoms with Crippen molar-refractivity contribution in [3.63, 3.8) is 0 Å². The zero-order valence-corrected chi connectivity index (χ0v) is 12.1. The van der Waals surface area contributed by atoms with Crippen LogP contribution >= 0.6 is 11.6 Å². The first-order valence-electron chi connectivity index (χ1n) is 6.73. The summed E-state index contributed by atoms with van der Waals surface area (Å²) in [4.78, 5) is 28.1. The molecule has 7 nitrogen and oxygen atoms in total. The summed E-state index contributed by atoms with van der Waals surface area (Å²) in [6, 6.07) is 1.23. The summed E-state index contributed by atoms with van der Waals surface area (Å²) in [6.07, 6.45) is 3.40. The number of amides is 1. The van der Waals surface area contributed by atoms with Crippen molar-refractivity contribution >= 4 is 23.2 Å². The summed E-state index contributed by atoms with van der Waals surface area (Å²) in [6.45, 7) is 1.13. The maximum Gasteiger partial charge on any atom is 0.300 e. The highest BCUT2D eigenvalue weighted by molar-refractivity contribution is 6.29. The molecule has 1 aromatic rings. The summed E-state index contributed by atoms with van der Waals surface area (Å²) in [5.74, 6) is -0.183. The Morgan fingerprint density at radius 2 is 2.38 bits per heavy atom. The number of carbonyl (C=O) groups excluding carboxylic acids is 1. The fourth-order valence-electron chi connectivity index (χ4n) is 2.58. The molecule has 1 unspecified atom stereocenters. The molecule has 1 saturated heterocycles. The van der Waals surface area contributed by atoms with E-state index in [0.29, 0.717) is 19.5 Å². The van der Waals surface area contributed by atoms with E-state index in [1.165, 1.54) is 6.07 Å². The van der Waals surface area contributed by atoms with Crippen molar-refractivity contribution in [1.82, 2.24) is 9.88 Å². The van der Waals surface area contributed by atoms with Crippen molar-refractivity contribution in [3.8, 4) is 0 Å². The number of carbonyl (C=O) groups is 1. The van der Waals surface area contributed by atoms with Crippen molar-refractivity contribution in [2.75, 3.05) is 19.7 Å². The van der Waals surface area contributed by atoms with Crippen molar-refractivity contribution in [2.45, 2.75) is 19.3 Å². The lowest BCUT2D eigenvalue weighted by Gasteiger charge is -2.32. The maximum absolute atomic E-state index is 12.5. The van der Waals surface area contributed by atoms with E-state index in [2.05, 4.69) is 4.98 Å². The highest BCUT2D eigenvalue weighted by Gasteiger charge is 2.29. The van der Waals surface area contributed by atoms with Crippen molar-refractivity contribution < 1.29 is 14.8 Å². The normalized spacial score (nSPS) is 18.6. The molecule has 0 aliphatic carbocycles. The SMILES string of the molecule is O=C(c1cc(Cl)ncc1[N+](=O)[O-])N1CCCC(CCO)C1. The predicted octanol–water partition coefficient (Wildman–Crippen LogP) is 1.88. The second kappa shape index (κ2) is 6.82. The average molecular weight is 314 g/mol. The van der Waals surface area contributed by atoms with E-state index in [0.717, 1.165) is 19.0 Å². The third-order valence-corrected chi connectivity index (χ3v) is 3.83. The number of likely N-dealkylation sites (tertiary alicyclic amines) is 1. The lowest BCUT2D eigenvalue weighted by Crippen LogP contribution is -2.40. The number of halogens is 1. The number of aromatic nitrogens is 1. The van der Waals surface area contributed by atoms with E-state index in [-0.39, 0.29) is 28.9 Å². The van der Waals surface area contributed by atoms with Crippen LogP contribution in [0.3, 0.4) is 0 Å². The highest BCUT2D eigenvalue weighted by Crippen LogP contribution is 2.25. The molecule has 0 saturated carbocycles. The van der Waals surface area contributed by atoms with Gasteiger partial charge in [0.15, 0.2) is 0 Å². The number of rotatable bonds is 4. The Labute approximate surface area is 126 Å². The first-order valence-corrected chi connectivity index (χ1v) is 7.10. The van der Waals surface area contributed by atoms with Gasteiger partial charge < -0.3 is 10.0 Å². The zero-order valence-electron chi connectivity index (χ0n) is 11.4. The summed E-state index contributed by atoms with van der Waals surface area (Å²) in [5, 5.41) is 20.0. The molecule has 8 heteroatoms. The minimum Gasteiger partial charge on any atom is -0.396 e. The fraction of sp³-hybridized carbons (Fsp3) is 0.538. The largest absolute Gasteiger partial charge is 0.396 e. The third kappa shape index (κ3) is 3.68. The van der Waals surface area contributed by atoms with E-state index >= 15 is 0 Å². The lowest BCUT2D eigenvalue weighted by molar-refractivity contribution is -0.385. The van der Waals surface area contributed by atoms with Gasteiger partial charge in [-0.2, -0.15) is 0 Å². The van der Waals surface area contributed by atoms with Crippen LogP contribution in [0.4, 0.5) is 5.69 Å². The molecule has 21 heavy (non-hydrogen) atoms. The van der Waals surface area contributed by atoms with Crippen LogP contribution in [0.15, 0.2) is 12.3 Å². The molecule has 0 bridgehead atoms. The van der Waals surface area contributed by atoms with Crippen LogP contribution < -0.4 is 0 Å². The fourth-order valence-corrected chi connectivity index (χ4v) is 2.74. The summed E-state index contributed by atoms with van der Waals surface area (Å²) in [5.41, 5.74) is -0.377. The van der Waals surface area contributed by atoms with E-state index in [4.69, 9.17) is 16.7 Å². The molecule has 114 valence electrons. The smallest absolute Gasteiger partial charge is 0.300 e. The third-order valence-electron chi connectivity index (χ3n) is 3.62. The molecule has 1 aliphatic heterocycles. The number of hydrogen-bond donors (Lipinski definition) is 1. The Kier molecular flexibility index (Phi) is 5.08. The second-order valence-electron chi connectivity index (χ2n) is 5.05. The zero-order chi connectivity index (χ0) is 15.4. The van der Waals surface area contributed by atoms with Crippen LogP contribution in [0.2, 0.25) is 5.15 Å². The van der Waals surface area contributed by atoms with Gasteiger partial charge >= 0.3 is 0 Å². The molecule has 0 radical (unpaired) electrons. The van der Waals surface area contributed by atoms with Gasteiger partial charge in [-0.25, -0.2) is 4.98 Å². The van der Waals surface area contributed by atoms with Gasteiger partial charge in [0.05, 0.1) is 4.92 Å². The number of aliphatic hydroxyl groups is 1. The Morgan fingerprint density at radius 3 is 3.05 bits per heavy atom. The van der Waals surface area contributed by atoms with Gasteiger partial charge in [-0.3, -0.25) is 14.9 Å². The molecule has 1 amide bonds. The molecule has 0 spiro atoms. The molecule has 2 rings (SSSR count). The predicted molar refractivity (Wildman–Crippen MR) is 76.2 cm³/mol. The molecule has 1 N–H and O–H groups in total. The van der Waals surface area contributed by atoms with Crippen molar-refractivity contribution in [2.24, 2.45) is 5.92 Å². The van der Waals surface area contributed by atoms with Gasteiger partial charge in [-0.15, -0.1) is 0 Å². The molecule has 1 aromatic heterocycles. The van der Waals surface area contributed by atoms with Gasteiger partial charge in [0.1, 0.15) is 16.9 Å². The second-order valence-corrected chi connectivity index (χ2v) is 5.44. The van der Waals surface area contributed by atoms with Crippen LogP contribution in [0.1, 0.15) is 29.6 Å². The van der Waals surface area contributed by atoms with E-state index in [9.17, 15) is 14.9 Å². The van der Waals surface area contributed by atoms with E-state index in [1.54, 1.807) is 4.90 Å². The molecule has 0 aromatic carbocycles. The van der Waals surface area contributed by atoms with Gasteiger partial charge in [-0.05, 0) is 31.2 Å². The molecule has 2 heterocycles. The Hall–Kier alpha value is -1.73. The maximum atomic E-state index is 12.5. The number of aliphatic hydroxyl groups excluding tert-OH is 1. The first-order chi connectivity index (χ1) is 10.0. The van der Waals surface area contributed by atoms with Crippen LogP contribution in [-0.2, 0) is 0 Å². The van der Waals surface area contributed by atoms with Gasteiger partial charge in [-0.1, -0.05) is 11.6 Å². The Balaban J connectivity index is 2.23. The summed E-state index contributed by atoms with van der Waals surface area (Å²) in [7, 11) is 0. The lowest BCUT2D eigenvalue weighted by atomic mass is 9.94. The molecular formula is C13H16ClN3O4. The monoisotopic (exact) mass is 313 g/mol. The van der Waals surface area contributed by atoms with E-state index < -0.39 is 10.8 Å². The van der Waals surface area contributed by atoms with Gasteiger partial charge in [0.2, 0.25) is 0 Å². The summed E-state index contributed by atoms with van der Waals surface area (Å²) >= 11 is 5.75.